The molecule has 3 heteroatoms. The normalized spacial score (nSPS) is 9.08. The van der Waals surface area contributed by atoms with E-state index in [1.54, 1.807) is 6.07 Å². The SMILES string of the molecule is Nc1ccc(C#CCCO)cc1Br. The number of nitrogens with two attached hydrogens (primary N) is 1. The highest BCUT2D eigenvalue weighted by Gasteiger charge is 1.94. The molecule has 0 aliphatic rings. The van der Waals surface area contributed by atoms with Gasteiger partial charge in [0.05, 0.1) is 6.61 Å². The topological polar surface area (TPSA) is 46.2 Å². The van der Waals surface area contributed by atoms with Crippen molar-refractivity contribution < 1.29 is 5.11 Å². The molecule has 0 aromatic heterocycles. The van der Waals surface area contributed by atoms with Crippen LogP contribution in [-0.4, -0.2) is 11.7 Å². The summed E-state index contributed by atoms with van der Waals surface area (Å²) in [7, 11) is 0. The molecule has 0 saturated heterocycles. The Labute approximate surface area is 85.9 Å². The maximum absolute atomic E-state index is 8.51. The molecule has 1 aromatic carbocycles. The van der Waals surface area contributed by atoms with Gasteiger partial charge in [0, 0.05) is 22.1 Å². The van der Waals surface area contributed by atoms with Crippen molar-refractivity contribution in [2.24, 2.45) is 0 Å². The van der Waals surface area contributed by atoms with Crippen molar-refractivity contribution in [1.82, 2.24) is 0 Å². The van der Waals surface area contributed by atoms with E-state index in [2.05, 4.69) is 27.8 Å². The summed E-state index contributed by atoms with van der Waals surface area (Å²) in [6.45, 7) is 0.100. The molecule has 0 aliphatic heterocycles. The molecule has 0 fully saturated rings. The summed E-state index contributed by atoms with van der Waals surface area (Å²) in [4.78, 5) is 0. The fourth-order valence-electron chi connectivity index (χ4n) is 0.825. The minimum absolute atomic E-state index is 0.100. The highest BCUT2D eigenvalue weighted by Crippen LogP contribution is 2.19. The molecule has 0 heterocycles. The number of nitrogen functional groups attached to an aromatic ring is 1. The first-order valence-corrected chi connectivity index (χ1v) is 4.68. The lowest BCUT2D eigenvalue weighted by atomic mass is 10.2. The van der Waals surface area contributed by atoms with Crippen molar-refractivity contribution in [3.05, 3.63) is 28.2 Å². The van der Waals surface area contributed by atoms with Crippen molar-refractivity contribution >= 4 is 21.6 Å². The summed E-state index contributed by atoms with van der Waals surface area (Å²) in [5.74, 6) is 5.75. The van der Waals surface area contributed by atoms with E-state index < -0.39 is 0 Å². The van der Waals surface area contributed by atoms with Gasteiger partial charge in [-0.1, -0.05) is 11.8 Å². The Morgan fingerprint density at radius 3 is 2.85 bits per heavy atom. The standard InChI is InChI=1S/C10H10BrNO/c11-9-7-8(3-1-2-6-13)4-5-10(9)12/h4-5,7,13H,2,6,12H2. The molecule has 0 unspecified atom stereocenters. The number of hydrogen-bond acceptors (Lipinski definition) is 2. The van der Waals surface area contributed by atoms with Crippen molar-refractivity contribution in [3.8, 4) is 11.8 Å². The van der Waals surface area contributed by atoms with Gasteiger partial charge in [-0.2, -0.15) is 0 Å². The van der Waals surface area contributed by atoms with E-state index in [4.69, 9.17) is 10.8 Å². The summed E-state index contributed by atoms with van der Waals surface area (Å²) in [5, 5.41) is 8.51. The second-order valence-electron chi connectivity index (χ2n) is 2.51. The predicted molar refractivity (Wildman–Crippen MR) is 57.1 cm³/mol. The monoisotopic (exact) mass is 239 g/mol. The second-order valence-corrected chi connectivity index (χ2v) is 3.37. The number of aliphatic hydroxyl groups is 1. The minimum Gasteiger partial charge on any atom is -0.398 e. The van der Waals surface area contributed by atoms with E-state index in [9.17, 15) is 0 Å². The average molecular weight is 240 g/mol. The summed E-state index contributed by atoms with van der Waals surface area (Å²) in [6.07, 6.45) is 0.502. The zero-order valence-electron chi connectivity index (χ0n) is 7.05. The highest BCUT2D eigenvalue weighted by molar-refractivity contribution is 9.10. The third-order valence-electron chi connectivity index (χ3n) is 1.47. The predicted octanol–water partition coefficient (Wildman–Crippen LogP) is 1.77. The molecule has 0 aliphatic carbocycles. The van der Waals surface area contributed by atoms with Gasteiger partial charge in [-0.3, -0.25) is 0 Å². The van der Waals surface area contributed by atoms with Crippen LogP contribution in [-0.2, 0) is 0 Å². The van der Waals surface area contributed by atoms with Crippen LogP contribution in [0.5, 0.6) is 0 Å². The molecular weight excluding hydrogens is 230 g/mol. The van der Waals surface area contributed by atoms with Crippen LogP contribution in [0.2, 0.25) is 0 Å². The maximum atomic E-state index is 8.51. The Bertz CT molecular complexity index is 352. The number of rotatable bonds is 1. The van der Waals surface area contributed by atoms with Gasteiger partial charge < -0.3 is 10.8 Å². The van der Waals surface area contributed by atoms with Gasteiger partial charge in [-0.05, 0) is 34.1 Å². The van der Waals surface area contributed by atoms with Crippen LogP contribution in [0.1, 0.15) is 12.0 Å². The van der Waals surface area contributed by atoms with Crippen LogP contribution < -0.4 is 5.73 Å². The van der Waals surface area contributed by atoms with E-state index >= 15 is 0 Å². The van der Waals surface area contributed by atoms with Gasteiger partial charge in [0.15, 0.2) is 0 Å². The molecule has 1 rings (SSSR count). The van der Waals surface area contributed by atoms with Crippen molar-refractivity contribution in [2.45, 2.75) is 6.42 Å². The first-order chi connectivity index (χ1) is 6.24. The fraction of sp³-hybridized carbons (Fsp3) is 0.200. The molecule has 2 nitrogen and oxygen atoms in total. The van der Waals surface area contributed by atoms with E-state index in [-0.39, 0.29) is 6.61 Å². The highest BCUT2D eigenvalue weighted by atomic mass is 79.9. The Balaban J connectivity index is 2.81. The largest absolute Gasteiger partial charge is 0.398 e. The first kappa shape index (κ1) is 10.1. The number of aliphatic hydroxyl groups excluding tert-OH is 1. The Kier molecular flexibility index (Phi) is 3.81. The lowest BCUT2D eigenvalue weighted by molar-refractivity contribution is 0.305. The Morgan fingerprint density at radius 2 is 2.23 bits per heavy atom. The molecule has 0 amide bonds. The first-order valence-electron chi connectivity index (χ1n) is 3.89. The Morgan fingerprint density at radius 1 is 1.46 bits per heavy atom. The molecule has 3 N–H and O–H groups in total. The molecule has 0 atom stereocenters. The van der Waals surface area contributed by atoms with Crippen LogP contribution in [0.4, 0.5) is 5.69 Å². The molecule has 0 radical (unpaired) electrons. The van der Waals surface area contributed by atoms with Crippen LogP contribution in [0.25, 0.3) is 0 Å². The van der Waals surface area contributed by atoms with Crippen molar-refractivity contribution in [1.29, 1.82) is 0 Å². The van der Waals surface area contributed by atoms with E-state index in [0.717, 1.165) is 10.0 Å². The average Bonchev–Trinajstić information content (AvgIpc) is 2.12. The summed E-state index contributed by atoms with van der Waals surface area (Å²) >= 11 is 3.31. The van der Waals surface area contributed by atoms with Crippen molar-refractivity contribution in [2.75, 3.05) is 12.3 Å². The molecule has 68 valence electrons. The zero-order chi connectivity index (χ0) is 9.68. The maximum Gasteiger partial charge on any atom is 0.0540 e. The molecule has 0 saturated carbocycles. The van der Waals surface area contributed by atoms with Gasteiger partial charge in [-0.15, -0.1) is 0 Å². The van der Waals surface area contributed by atoms with Crippen LogP contribution in [0, 0.1) is 11.8 Å². The third kappa shape index (κ3) is 3.10. The van der Waals surface area contributed by atoms with Gasteiger partial charge in [0.2, 0.25) is 0 Å². The van der Waals surface area contributed by atoms with E-state index in [1.165, 1.54) is 0 Å². The lowest BCUT2D eigenvalue weighted by Crippen LogP contribution is -1.86. The molecule has 0 spiro atoms. The van der Waals surface area contributed by atoms with E-state index in [1.807, 2.05) is 12.1 Å². The molecule has 1 aromatic rings. The molecule has 13 heavy (non-hydrogen) atoms. The van der Waals surface area contributed by atoms with Gasteiger partial charge in [-0.25, -0.2) is 0 Å². The number of halogens is 1. The smallest absolute Gasteiger partial charge is 0.0540 e. The summed E-state index contributed by atoms with van der Waals surface area (Å²) in [6, 6.07) is 5.51. The Hall–Kier alpha value is -0.980. The third-order valence-corrected chi connectivity index (χ3v) is 2.16. The van der Waals surface area contributed by atoms with Crippen molar-refractivity contribution in [3.63, 3.8) is 0 Å². The van der Waals surface area contributed by atoms with Crippen LogP contribution in [0.15, 0.2) is 22.7 Å². The lowest BCUT2D eigenvalue weighted by Gasteiger charge is -1.96. The summed E-state index contributed by atoms with van der Waals surface area (Å²) < 4.78 is 0.850. The molecule has 0 bridgehead atoms. The van der Waals surface area contributed by atoms with Crippen LogP contribution >= 0.6 is 15.9 Å². The quantitative estimate of drug-likeness (QED) is 0.580. The molecular formula is C10H10BrNO. The number of hydrogen-bond donors (Lipinski definition) is 2. The summed E-state index contributed by atoms with van der Waals surface area (Å²) in [5.41, 5.74) is 7.21. The second kappa shape index (κ2) is 4.90. The number of anilines is 1. The number of benzene rings is 1. The van der Waals surface area contributed by atoms with Gasteiger partial charge in [0.1, 0.15) is 0 Å². The van der Waals surface area contributed by atoms with Crippen LogP contribution in [0.3, 0.4) is 0 Å². The fourth-order valence-corrected chi connectivity index (χ4v) is 1.20. The van der Waals surface area contributed by atoms with E-state index in [0.29, 0.717) is 12.1 Å². The van der Waals surface area contributed by atoms with Gasteiger partial charge >= 0.3 is 0 Å². The van der Waals surface area contributed by atoms with Gasteiger partial charge in [0.25, 0.3) is 0 Å². The zero-order valence-corrected chi connectivity index (χ0v) is 8.63. The minimum atomic E-state index is 0.100.